The summed E-state index contributed by atoms with van der Waals surface area (Å²) in [5, 5.41) is 2.94. The number of piperazine rings is 1. The minimum atomic E-state index is -0.176. The van der Waals surface area contributed by atoms with E-state index in [-0.39, 0.29) is 17.9 Å². The summed E-state index contributed by atoms with van der Waals surface area (Å²) in [7, 11) is 0. The van der Waals surface area contributed by atoms with Crippen LogP contribution in [-0.4, -0.2) is 49.0 Å². The zero-order valence-corrected chi connectivity index (χ0v) is 19.0. The zero-order valence-electron chi connectivity index (χ0n) is 19.0. The largest absolute Gasteiger partial charge is 0.491 e. The Labute approximate surface area is 194 Å². The minimum absolute atomic E-state index is 0.0502. The lowest BCUT2D eigenvalue weighted by Gasteiger charge is -2.36. The molecule has 0 aliphatic carbocycles. The SMILES string of the molecule is CC(C)Oc1cccc(C(=O)Nc2ccc(N3CCN(C(=O)c4ccccc4)CC3)cc2)c1. The average molecular weight is 444 g/mol. The predicted molar refractivity (Wildman–Crippen MR) is 131 cm³/mol. The van der Waals surface area contributed by atoms with Crippen LogP contribution in [0, 0.1) is 0 Å². The van der Waals surface area contributed by atoms with Gasteiger partial charge in [-0.3, -0.25) is 9.59 Å². The second-order valence-electron chi connectivity index (χ2n) is 8.34. The lowest BCUT2D eigenvalue weighted by molar-refractivity contribution is 0.0746. The highest BCUT2D eigenvalue weighted by molar-refractivity contribution is 6.04. The number of carbonyl (C=O) groups excluding carboxylic acids is 2. The summed E-state index contributed by atoms with van der Waals surface area (Å²) in [6.45, 7) is 6.81. The van der Waals surface area contributed by atoms with Gasteiger partial charge in [0, 0.05) is 48.7 Å². The molecule has 1 aliphatic rings. The molecule has 1 heterocycles. The fraction of sp³-hybridized carbons (Fsp3) is 0.259. The average Bonchev–Trinajstić information content (AvgIpc) is 2.84. The van der Waals surface area contributed by atoms with E-state index in [9.17, 15) is 9.59 Å². The Bertz CT molecular complexity index is 1090. The van der Waals surface area contributed by atoms with Crippen LogP contribution in [0.4, 0.5) is 11.4 Å². The summed E-state index contributed by atoms with van der Waals surface area (Å²) in [6, 6.07) is 24.4. The molecule has 0 aromatic heterocycles. The van der Waals surface area contributed by atoms with E-state index in [2.05, 4.69) is 10.2 Å². The minimum Gasteiger partial charge on any atom is -0.491 e. The fourth-order valence-corrected chi connectivity index (χ4v) is 3.87. The highest BCUT2D eigenvalue weighted by Crippen LogP contribution is 2.21. The van der Waals surface area contributed by atoms with E-state index in [4.69, 9.17) is 4.74 Å². The Hall–Kier alpha value is -3.80. The second kappa shape index (κ2) is 10.2. The van der Waals surface area contributed by atoms with E-state index in [0.717, 1.165) is 30.0 Å². The standard InChI is InChI=1S/C27H29N3O3/c1-20(2)33-25-10-6-9-22(19-25)26(31)28-23-11-13-24(14-12-23)29-15-17-30(18-16-29)27(32)21-7-4-3-5-8-21/h3-14,19-20H,15-18H2,1-2H3,(H,28,31). The molecule has 3 aromatic rings. The van der Waals surface area contributed by atoms with Crippen molar-refractivity contribution in [2.75, 3.05) is 36.4 Å². The summed E-state index contributed by atoms with van der Waals surface area (Å²) in [5.74, 6) is 0.582. The molecular formula is C27H29N3O3. The van der Waals surface area contributed by atoms with Crippen LogP contribution < -0.4 is 15.0 Å². The number of ether oxygens (including phenoxy) is 1. The van der Waals surface area contributed by atoms with Gasteiger partial charge < -0.3 is 19.9 Å². The monoisotopic (exact) mass is 443 g/mol. The lowest BCUT2D eigenvalue weighted by atomic mass is 10.1. The molecule has 1 fully saturated rings. The third-order valence-corrected chi connectivity index (χ3v) is 5.55. The molecule has 2 amide bonds. The molecule has 0 saturated carbocycles. The van der Waals surface area contributed by atoms with Crippen LogP contribution in [0.25, 0.3) is 0 Å². The van der Waals surface area contributed by atoms with Crippen molar-refractivity contribution < 1.29 is 14.3 Å². The van der Waals surface area contributed by atoms with Crippen LogP contribution in [0.15, 0.2) is 78.9 Å². The van der Waals surface area contributed by atoms with Crippen LogP contribution in [-0.2, 0) is 0 Å². The molecule has 0 radical (unpaired) electrons. The van der Waals surface area contributed by atoms with Crippen molar-refractivity contribution in [2.24, 2.45) is 0 Å². The smallest absolute Gasteiger partial charge is 0.255 e. The van der Waals surface area contributed by atoms with Crippen LogP contribution in [0.3, 0.4) is 0 Å². The van der Waals surface area contributed by atoms with Gasteiger partial charge in [-0.1, -0.05) is 24.3 Å². The van der Waals surface area contributed by atoms with Crippen molar-refractivity contribution in [2.45, 2.75) is 20.0 Å². The normalized spacial score (nSPS) is 13.7. The van der Waals surface area contributed by atoms with Gasteiger partial charge in [-0.15, -0.1) is 0 Å². The maximum Gasteiger partial charge on any atom is 0.255 e. The molecule has 170 valence electrons. The molecule has 1 aliphatic heterocycles. The van der Waals surface area contributed by atoms with Crippen LogP contribution in [0.2, 0.25) is 0 Å². The highest BCUT2D eigenvalue weighted by Gasteiger charge is 2.22. The van der Waals surface area contributed by atoms with E-state index in [1.165, 1.54) is 0 Å². The van der Waals surface area contributed by atoms with Gasteiger partial charge in [-0.25, -0.2) is 0 Å². The summed E-state index contributed by atoms with van der Waals surface area (Å²) in [6.07, 6.45) is 0.0502. The fourth-order valence-electron chi connectivity index (χ4n) is 3.87. The number of anilines is 2. The van der Waals surface area contributed by atoms with Crippen molar-refractivity contribution in [3.05, 3.63) is 90.0 Å². The first kappa shape index (κ1) is 22.4. The molecule has 1 N–H and O–H groups in total. The van der Waals surface area contributed by atoms with Crippen molar-refractivity contribution in [3.8, 4) is 5.75 Å². The van der Waals surface area contributed by atoms with Crippen molar-refractivity contribution in [1.82, 2.24) is 4.90 Å². The van der Waals surface area contributed by atoms with Gasteiger partial charge in [0.2, 0.25) is 0 Å². The zero-order chi connectivity index (χ0) is 23.2. The Balaban J connectivity index is 1.32. The summed E-state index contributed by atoms with van der Waals surface area (Å²) in [4.78, 5) is 29.4. The number of nitrogens with zero attached hydrogens (tertiary/aromatic N) is 2. The molecule has 6 nitrogen and oxygen atoms in total. The first-order valence-corrected chi connectivity index (χ1v) is 11.3. The topological polar surface area (TPSA) is 61.9 Å². The van der Waals surface area contributed by atoms with Crippen LogP contribution >= 0.6 is 0 Å². The molecule has 4 rings (SSSR count). The number of amides is 2. The molecule has 6 heteroatoms. The number of nitrogens with one attached hydrogen (secondary N) is 1. The Morgan fingerprint density at radius 2 is 1.48 bits per heavy atom. The maximum absolute atomic E-state index is 12.6. The predicted octanol–water partition coefficient (Wildman–Crippen LogP) is 4.69. The quantitative estimate of drug-likeness (QED) is 0.601. The molecule has 1 saturated heterocycles. The van der Waals surface area contributed by atoms with E-state index in [1.807, 2.05) is 85.5 Å². The summed E-state index contributed by atoms with van der Waals surface area (Å²) in [5.41, 5.74) is 3.09. The van der Waals surface area contributed by atoms with Gasteiger partial charge in [0.15, 0.2) is 0 Å². The van der Waals surface area contributed by atoms with Gasteiger partial charge in [-0.2, -0.15) is 0 Å². The highest BCUT2D eigenvalue weighted by atomic mass is 16.5. The molecule has 33 heavy (non-hydrogen) atoms. The molecule has 0 unspecified atom stereocenters. The van der Waals surface area contributed by atoms with E-state index < -0.39 is 0 Å². The molecule has 0 bridgehead atoms. The van der Waals surface area contributed by atoms with E-state index in [1.54, 1.807) is 12.1 Å². The second-order valence-corrected chi connectivity index (χ2v) is 8.34. The van der Waals surface area contributed by atoms with Gasteiger partial charge in [-0.05, 0) is 68.4 Å². The molecule has 0 atom stereocenters. The third-order valence-electron chi connectivity index (χ3n) is 5.55. The molecule has 3 aromatic carbocycles. The van der Waals surface area contributed by atoms with E-state index in [0.29, 0.717) is 24.4 Å². The number of benzene rings is 3. The molecular weight excluding hydrogens is 414 g/mol. The Morgan fingerprint density at radius 1 is 0.818 bits per heavy atom. The first-order valence-electron chi connectivity index (χ1n) is 11.3. The van der Waals surface area contributed by atoms with Crippen molar-refractivity contribution in [3.63, 3.8) is 0 Å². The van der Waals surface area contributed by atoms with Crippen LogP contribution in [0.5, 0.6) is 5.75 Å². The lowest BCUT2D eigenvalue weighted by Crippen LogP contribution is -2.48. The number of carbonyl (C=O) groups is 2. The van der Waals surface area contributed by atoms with Crippen molar-refractivity contribution >= 4 is 23.2 Å². The maximum atomic E-state index is 12.6. The van der Waals surface area contributed by atoms with Crippen molar-refractivity contribution in [1.29, 1.82) is 0 Å². The Kier molecular flexibility index (Phi) is 6.93. The first-order chi connectivity index (χ1) is 16.0. The number of hydrogen-bond acceptors (Lipinski definition) is 4. The summed E-state index contributed by atoms with van der Waals surface area (Å²) >= 11 is 0. The number of rotatable bonds is 6. The summed E-state index contributed by atoms with van der Waals surface area (Å²) < 4.78 is 5.68. The van der Waals surface area contributed by atoms with Gasteiger partial charge in [0.25, 0.3) is 11.8 Å². The molecule has 0 spiro atoms. The van der Waals surface area contributed by atoms with Gasteiger partial charge >= 0.3 is 0 Å². The van der Waals surface area contributed by atoms with Crippen LogP contribution in [0.1, 0.15) is 34.6 Å². The number of hydrogen-bond donors (Lipinski definition) is 1. The third kappa shape index (κ3) is 5.71. The van der Waals surface area contributed by atoms with Gasteiger partial charge in [0.05, 0.1) is 6.10 Å². The van der Waals surface area contributed by atoms with Gasteiger partial charge in [0.1, 0.15) is 5.75 Å². The Morgan fingerprint density at radius 3 is 2.15 bits per heavy atom. The van der Waals surface area contributed by atoms with E-state index >= 15 is 0 Å².